The molecule has 3 N–H and O–H groups in total. The topological polar surface area (TPSA) is 273 Å². The molecule has 474 valence electrons. The van der Waals surface area contributed by atoms with Gasteiger partial charge in [0, 0.05) is 54.2 Å². The Bertz CT molecular complexity index is 2410. The monoisotopic (exact) mass is 1180 g/mol. The molecule has 0 aromatic rings. The molecule has 0 aromatic carbocycles. The third-order valence-corrected chi connectivity index (χ3v) is 17.3. The number of carbonyl (C=O) groups excluding carboxylic acids is 12. The van der Waals surface area contributed by atoms with Gasteiger partial charge < -0.3 is 55.0 Å². The average molecular weight is 1180 g/mol. The third-order valence-electron chi connectivity index (χ3n) is 17.3. The fraction of sp³-hybridized carbons (Fsp3) is 0.803. The summed E-state index contributed by atoms with van der Waals surface area (Å²) in [6, 6.07) is -10.6. The lowest BCUT2D eigenvalue weighted by Gasteiger charge is -2.38. The lowest BCUT2D eigenvalue weighted by Crippen LogP contribution is -2.62. The quantitative estimate of drug-likeness (QED) is 0.148. The fourth-order valence-corrected chi connectivity index (χ4v) is 12.6. The summed E-state index contributed by atoms with van der Waals surface area (Å²) in [5.41, 5.74) is 0. The number of likely N-dealkylation sites (tertiary alicyclic amines) is 1. The molecule has 4 heterocycles. The highest BCUT2D eigenvalue weighted by Crippen LogP contribution is 2.32. The van der Waals surface area contributed by atoms with Gasteiger partial charge in [-0.3, -0.25) is 57.5 Å². The van der Waals surface area contributed by atoms with Crippen LogP contribution in [0.5, 0.6) is 0 Å². The summed E-state index contributed by atoms with van der Waals surface area (Å²) >= 11 is 0. The largest absolute Gasteiger partial charge is 0.459 e. The maximum absolute atomic E-state index is 15.3. The van der Waals surface area contributed by atoms with Crippen LogP contribution in [0.25, 0.3) is 0 Å². The van der Waals surface area contributed by atoms with E-state index >= 15 is 14.4 Å². The van der Waals surface area contributed by atoms with Crippen molar-refractivity contribution in [1.82, 2.24) is 50.2 Å². The van der Waals surface area contributed by atoms with Gasteiger partial charge in [-0.1, -0.05) is 96.4 Å². The maximum Gasteiger partial charge on any atom is 0.325 e. The molecule has 4 fully saturated rings. The second-order valence-electron chi connectivity index (χ2n) is 26.2. The van der Waals surface area contributed by atoms with Gasteiger partial charge in [-0.25, -0.2) is 0 Å². The maximum atomic E-state index is 15.3. The minimum Gasteiger partial charge on any atom is -0.459 e. The van der Waals surface area contributed by atoms with Crippen LogP contribution in [0.3, 0.4) is 0 Å². The van der Waals surface area contributed by atoms with Gasteiger partial charge in [-0.2, -0.15) is 0 Å². The van der Waals surface area contributed by atoms with Crippen LogP contribution >= 0.6 is 0 Å². The summed E-state index contributed by atoms with van der Waals surface area (Å²) in [5.74, 6) is -9.67. The van der Waals surface area contributed by atoms with E-state index in [1.807, 2.05) is 55.4 Å². The van der Waals surface area contributed by atoms with Crippen LogP contribution in [0.1, 0.15) is 161 Å². The number of likely N-dealkylation sites (N-methyl/N-ethyl adjacent to an activating group) is 4. The van der Waals surface area contributed by atoms with Crippen LogP contribution in [-0.4, -0.2) is 220 Å². The van der Waals surface area contributed by atoms with Crippen molar-refractivity contribution in [3.8, 4) is 0 Å². The number of hydrogen-bond acceptors (Lipinski definition) is 13. The SMILES string of the molecule is CCC(=O)C(=O)N(C)C(C(=O)N1CC(CC)CC1C(=O)N(C)C1C(=O)NC(CC(C)C)C(=O)N2CC(C)CC2C(=O)NC(CCC(C)C)C(=O)N(C)C(C(C)C)C(=O)N2CCCC2C(=O)N(C)C(CC(C)C)C(=O)NCC(=O)OC1C)C(C)C. The van der Waals surface area contributed by atoms with Crippen LogP contribution in [0.15, 0.2) is 0 Å². The van der Waals surface area contributed by atoms with Crippen LogP contribution in [0.4, 0.5) is 0 Å². The molecule has 0 bridgehead atoms. The van der Waals surface area contributed by atoms with Gasteiger partial charge in [0.15, 0.2) is 0 Å². The van der Waals surface area contributed by atoms with E-state index in [-0.39, 0.29) is 94.2 Å². The lowest BCUT2D eigenvalue weighted by molar-refractivity contribution is -0.160. The molecular weight excluding hydrogens is 1080 g/mol. The molecule has 0 radical (unpaired) electrons. The molecule has 12 atom stereocenters. The van der Waals surface area contributed by atoms with E-state index in [1.54, 1.807) is 34.6 Å². The molecular formula is C61H102N10O13. The second-order valence-corrected chi connectivity index (χ2v) is 26.2. The predicted octanol–water partition coefficient (Wildman–Crippen LogP) is 3.00. The highest BCUT2D eigenvalue weighted by molar-refractivity contribution is 6.36. The van der Waals surface area contributed by atoms with E-state index in [2.05, 4.69) is 16.0 Å². The van der Waals surface area contributed by atoms with Gasteiger partial charge in [0.2, 0.25) is 58.9 Å². The predicted molar refractivity (Wildman–Crippen MR) is 315 cm³/mol. The highest BCUT2D eigenvalue weighted by atomic mass is 16.5. The summed E-state index contributed by atoms with van der Waals surface area (Å²) < 4.78 is 5.94. The van der Waals surface area contributed by atoms with Gasteiger partial charge in [0.25, 0.3) is 5.91 Å². The van der Waals surface area contributed by atoms with Crippen LogP contribution in [0, 0.1) is 41.4 Å². The van der Waals surface area contributed by atoms with E-state index in [0.717, 1.165) is 9.80 Å². The van der Waals surface area contributed by atoms with Crippen LogP contribution in [-0.2, 0) is 62.3 Å². The molecule has 10 amide bonds. The van der Waals surface area contributed by atoms with Gasteiger partial charge >= 0.3 is 5.97 Å². The zero-order valence-electron chi connectivity index (χ0n) is 53.7. The van der Waals surface area contributed by atoms with E-state index in [4.69, 9.17) is 4.74 Å². The first kappa shape index (κ1) is 70.3. The number of rotatable bonds is 16. The van der Waals surface area contributed by atoms with Gasteiger partial charge in [-0.05, 0) is 99.7 Å². The molecule has 0 aliphatic carbocycles. The van der Waals surface area contributed by atoms with Crippen LogP contribution < -0.4 is 16.0 Å². The Balaban J connectivity index is 1.89. The number of nitrogens with one attached hydrogen (secondary N) is 3. The summed E-state index contributed by atoms with van der Waals surface area (Å²) in [7, 11) is 5.69. The number of Topliss-reactive ketones (excluding diaryl/α,β-unsaturated/α-hetero) is 1. The Labute approximate surface area is 499 Å². The molecule has 4 aliphatic rings. The van der Waals surface area contributed by atoms with E-state index < -0.39 is 150 Å². The molecule has 0 saturated carbocycles. The zero-order chi connectivity index (χ0) is 63.5. The van der Waals surface area contributed by atoms with Crippen LogP contribution in [0.2, 0.25) is 0 Å². The molecule has 4 saturated heterocycles. The van der Waals surface area contributed by atoms with Crippen molar-refractivity contribution in [3.05, 3.63) is 0 Å². The Morgan fingerprint density at radius 1 is 0.690 bits per heavy atom. The Kier molecular flexibility index (Phi) is 25.8. The summed E-state index contributed by atoms with van der Waals surface area (Å²) in [4.78, 5) is 183. The van der Waals surface area contributed by atoms with Gasteiger partial charge in [0.1, 0.15) is 67.0 Å². The number of hydrogen-bond donors (Lipinski definition) is 3. The minimum absolute atomic E-state index is 0.0676. The highest BCUT2D eigenvalue weighted by Gasteiger charge is 2.50. The molecule has 12 unspecified atom stereocenters. The van der Waals surface area contributed by atoms with Crippen molar-refractivity contribution in [2.45, 2.75) is 222 Å². The standard InChI is InChI=1S/C61H102N10O13/c1-19-40-29-46(71(32-40)61(83)50(37(11)12)67(17)59(81)47(72)20-2)58(80)68(18)51-39(14)84-48(73)30-62-52(74)44(27-35(7)8)65(15)57(79)43-22-21-25-69(43)60(82)49(36(9)10)66(16)55(77)41(24-23-33(3)4)63-53(75)45-28-38(13)31-70(45)56(78)42(26-34(5)6)64-54(51)76/h33-46,49-51H,19-32H2,1-18H3,(H,62,74)(H,63,75)(H,64,76). The van der Waals surface area contributed by atoms with Crippen molar-refractivity contribution in [2.75, 3.05) is 54.4 Å². The smallest absolute Gasteiger partial charge is 0.325 e. The molecule has 84 heavy (non-hydrogen) atoms. The second kappa shape index (κ2) is 30.8. The summed E-state index contributed by atoms with van der Waals surface area (Å²) in [5, 5.41) is 8.46. The zero-order valence-corrected chi connectivity index (χ0v) is 53.7. The van der Waals surface area contributed by atoms with Gasteiger partial charge in [0.05, 0.1) is 0 Å². The number of cyclic esters (lactones) is 1. The normalized spacial score (nSPS) is 28.1. The Morgan fingerprint density at radius 3 is 1.87 bits per heavy atom. The van der Waals surface area contributed by atoms with Crippen molar-refractivity contribution >= 4 is 70.8 Å². The summed E-state index contributed by atoms with van der Waals surface area (Å²) in [6.07, 6.45) is 1.12. The van der Waals surface area contributed by atoms with Crippen molar-refractivity contribution in [3.63, 3.8) is 0 Å². The number of ketones is 1. The lowest BCUT2D eigenvalue weighted by atomic mass is 9.97. The first-order valence-corrected chi connectivity index (χ1v) is 30.8. The van der Waals surface area contributed by atoms with E-state index in [0.29, 0.717) is 19.3 Å². The van der Waals surface area contributed by atoms with Crippen molar-refractivity contribution < 1.29 is 62.3 Å². The molecule has 23 nitrogen and oxygen atoms in total. The minimum atomic E-state index is -1.68. The Hall–Kier alpha value is -6.16. The number of ether oxygens (including phenoxy) is 1. The first-order chi connectivity index (χ1) is 39.2. The number of nitrogens with zero attached hydrogens (tertiary/aromatic N) is 7. The van der Waals surface area contributed by atoms with Crippen molar-refractivity contribution in [2.24, 2.45) is 41.4 Å². The van der Waals surface area contributed by atoms with E-state index in [1.165, 1.54) is 59.6 Å². The van der Waals surface area contributed by atoms with E-state index in [9.17, 15) is 43.2 Å². The average Bonchev–Trinajstić information content (AvgIpc) is 4.27. The number of esters is 1. The molecule has 4 aliphatic heterocycles. The molecule has 0 aromatic heterocycles. The molecule has 23 heteroatoms. The number of fused-ring (bicyclic) bond motifs is 2. The number of amides is 10. The molecule has 0 spiro atoms. The fourth-order valence-electron chi connectivity index (χ4n) is 12.6. The molecule has 4 rings (SSSR count). The third kappa shape index (κ3) is 17.1. The summed E-state index contributed by atoms with van der Waals surface area (Å²) in [6.45, 7) is 24.9. The van der Waals surface area contributed by atoms with Gasteiger partial charge in [-0.15, -0.1) is 0 Å². The van der Waals surface area contributed by atoms with Crippen molar-refractivity contribution in [1.29, 1.82) is 0 Å². The number of carbonyl (C=O) groups is 12. The Morgan fingerprint density at radius 2 is 1.31 bits per heavy atom. The first-order valence-electron chi connectivity index (χ1n) is 30.8.